The SMILES string of the molecule is COC(=O)CC(NC[C@H]1O[C@@H](C)[C@@H](OC)C1O)C(=O)OC. The standard InChI is InChI=1S/C13H23NO7/c1-7-12(19-3)11(16)9(21-7)6-14-8(13(17)20-4)5-10(15)18-2/h7-9,11-12,14,16H,5-6H2,1-4H3/t7-,8?,9+,11?,12+/m0/s1. The maximum Gasteiger partial charge on any atom is 0.323 e. The van der Waals surface area contributed by atoms with Gasteiger partial charge < -0.3 is 29.4 Å². The van der Waals surface area contributed by atoms with Crippen LogP contribution in [-0.4, -0.2) is 75.4 Å². The van der Waals surface area contributed by atoms with E-state index in [4.69, 9.17) is 9.47 Å². The normalized spacial score (nSPS) is 30.0. The molecule has 0 spiro atoms. The van der Waals surface area contributed by atoms with Gasteiger partial charge in [0.05, 0.1) is 32.8 Å². The molecular weight excluding hydrogens is 282 g/mol. The van der Waals surface area contributed by atoms with Crippen LogP contribution < -0.4 is 5.32 Å². The van der Waals surface area contributed by atoms with E-state index in [2.05, 4.69) is 14.8 Å². The number of carbonyl (C=O) groups is 2. The zero-order valence-corrected chi connectivity index (χ0v) is 12.7. The lowest BCUT2D eigenvalue weighted by atomic mass is 10.1. The Hall–Kier alpha value is -1.22. The minimum Gasteiger partial charge on any atom is -0.469 e. The second-order valence-corrected chi connectivity index (χ2v) is 4.83. The third-order valence-corrected chi connectivity index (χ3v) is 3.49. The van der Waals surface area contributed by atoms with Crippen LogP contribution in [0, 0.1) is 0 Å². The molecule has 0 amide bonds. The highest BCUT2D eigenvalue weighted by atomic mass is 16.6. The fourth-order valence-corrected chi connectivity index (χ4v) is 2.31. The summed E-state index contributed by atoms with van der Waals surface area (Å²) in [7, 11) is 3.97. The summed E-state index contributed by atoms with van der Waals surface area (Å²) in [5.74, 6) is -1.11. The fourth-order valence-electron chi connectivity index (χ4n) is 2.31. The maximum atomic E-state index is 11.6. The molecule has 122 valence electrons. The van der Waals surface area contributed by atoms with Gasteiger partial charge in [-0.05, 0) is 6.92 Å². The fraction of sp³-hybridized carbons (Fsp3) is 0.846. The van der Waals surface area contributed by atoms with E-state index in [1.54, 1.807) is 6.92 Å². The van der Waals surface area contributed by atoms with Crippen molar-refractivity contribution in [3.63, 3.8) is 0 Å². The number of nitrogens with one attached hydrogen (secondary N) is 1. The zero-order chi connectivity index (χ0) is 16.0. The van der Waals surface area contributed by atoms with Crippen LogP contribution in [0.25, 0.3) is 0 Å². The van der Waals surface area contributed by atoms with Gasteiger partial charge in [-0.3, -0.25) is 9.59 Å². The molecule has 0 aromatic carbocycles. The average Bonchev–Trinajstić information content (AvgIpc) is 2.75. The number of ether oxygens (including phenoxy) is 4. The predicted molar refractivity (Wildman–Crippen MR) is 71.6 cm³/mol. The monoisotopic (exact) mass is 305 g/mol. The Kier molecular flexibility index (Phi) is 7.03. The Morgan fingerprint density at radius 1 is 1.29 bits per heavy atom. The Labute approximate surface area is 123 Å². The second-order valence-electron chi connectivity index (χ2n) is 4.83. The summed E-state index contributed by atoms with van der Waals surface area (Å²) in [6.07, 6.45) is -2.18. The van der Waals surface area contributed by atoms with Gasteiger partial charge in [0.15, 0.2) is 0 Å². The Balaban J connectivity index is 2.57. The quantitative estimate of drug-likeness (QED) is 0.568. The Morgan fingerprint density at radius 2 is 1.95 bits per heavy atom. The van der Waals surface area contributed by atoms with Crippen molar-refractivity contribution in [3.05, 3.63) is 0 Å². The molecule has 0 radical (unpaired) electrons. The lowest BCUT2D eigenvalue weighted by molar-refractivity contribution is -0.149. The highest BCUT2D eigenvalue weighted by Gasteiger charge is 2.41. The van der Waals surface area contributed by atoms with E-state index in [9.17, 15) is 14.7 Å². The molecule has 0 aromatic heterocycles. The van der Waals surface area contributed by atoms with Gasteiger partial charge in [-0.1, -0.05) is 0 Å². The van der Waals surface area contributed by atoms with Crippen LogP contribution in [0.15, 0.2) is 0 Å². The number of hydrogen-bond acceptors (Lipinski definition) is 8. The molecule has 1 aliphatic heterocycles. The predicted octanol–water partition coefficient (Wildman–Crippen LogP) is -1.16. The molecule has 8 heteroatoms. The molecule has 8 nitrogen and oxygen atoms in total. The molecule has 1 aliphatic rings. The smallest absolute Gasteiger partial charge is 0.323 e. The summed E-state index contributed by atoms with van der Waals surface area (Å²) in [4.78, 5) is 22.9. The molecule has 1 heterocycles. The topological polar surface area (TPSA) is 103 Å². The lowest BCUT2D eigenvalue weighted by Crippen LogP contribution is -2.46. The van der Waals surface area contributed by atoms with Gasteiger partial charge in [0.1, 0.15) is 18.2 Å². The number of methoxy groups -OCH3 is 3. The molecular formula is C13H23NO7. The van der Waals surface area contributed by atoms with E-state index in [-0.39, 0.29) is 19.1 Å². The molecule has 1 fully saturated rings. The summed E-state index contributed by atoms with van der Waals surface area (Å²) in [5, 5.41) is 12.9. The number of carbonyl (C=O) groups excluding carboxylic acids is 2. The minimum atomic E-state index is -0.852. The summed E-state index contributed by atoms with van der Waals surface area (Å²) in [6.45, 7) is 1.98. The minimum absolute atomic E-state index is 0.157. The highest BCUT2D eigenvalue weighted by Crippen LogP contribution is 2.22. The van der Waals surface area contributed by atoms with Crippen molar-refractivity contribution in [2.75, 3.05) is 27.9 Å². The molecule has 1 saturated heterocycles. The Bertz CT molecular complexity index is 362. The van der Waals surface area contributed by atoms with Gasteiger partial charge in [-0.2, -0.15) is 0 Å². The van der Waals surface area contributed by atoms with Crippen molar-refractivity contribution >= 4 is 11.9 Å². The van der Waals surface area contributed by atoms with Crippen molar-refractivity contribution in [1.29, 1.82) is 0 Å². The van der Waals surface area contributed by atoms with Crippen LogP contribution in [0.5, 0.6) is 0 Å². The van der Waals surface area contributed by atoms with E-state index in [1.165, 1.54) is 21.3 Å². The van der Waals surface area contributed by atoms with E-state index >= 15 is 0 Å². The van der Waals surface area contributed by atoms with Crippen LogP contribution in [0.4, 0.5) is 0 Å². The van der Waals surface area contributed by atoms with E-state index in [0.29, 0.717) is 0 Å². The Morgan fingerprint density at radius 3 is 2.43 bits per heavy atom. The molecule has 2 N–H and O–H groups in total. The molecule has 5 atom stereocenters. The summed E-state index contributed by atoms with van der Waals surface area (Å²) >= 11 is 0. The molecule has 2 unspecified atom stereocenters. The second kappa shape index (κ2) is 8.28. The van der Waals surface area contributed by atoms with Gasteiger partial charge in [0.2, 0.25) is 0 Å². The van der Waals surface area contributed by atoms with Crippen molar-refractivity contribution in [3.8, 4) is 0 Å². The van der Waals surface area contributed by atoms with Gasteiger partial charge in [-0.25, -0.2) is 0 Å². The van der Waals surface area contributed by atoms with Crippen LogP contribution in [-0.2, 0) is 28.5 Å². The average molecular weight is 305 g/mol. The van der Waals surface area contributed by atoms with Gasteiger partial charge >= 0.3 is 11.9 Å². The van der Waals surface area contributed by atoms with E-state index in [0.717, 1.165) is 0 Å². The van der Waals surface area contributed by atoms with E-state index < -0.39 is 36.3 Å². The van der Waals surface area contributed by atoms with E-state index in [1.807, 2.05) is 0 Å². The lowest BCUT2D eigenvalue weighted by Gasteiger charge is -2.20. The first kappa shape index (κ1) is 17.8. The highest BCUT2D eigenvalue weighted by molar-refractivity contribution is 5.82. The number of rotatable bonds is 7. The molecule has 0 bridgehead atoms. The van der Waals surface area contributed by atoms with Crippen molar-refractivity contribution in [1.82, 2.24) is 5.32 Å². The van der Waals surface area contributed by atoms with Gasteiger partial charge in [0.25, 0.3) is 0 Å². The molecule has 21 heavy (non-hydrogen) atoms. The number of aliphatic hydroxyl groups is 1. The van der Waals surface area contributed by atoms with Gasteiger partial charge in [0, 0.05) is 13.7 Å². The summed E-state index contributed by atoms with van der Waals surface area (Å²) in [5.41, 5.74) is 0. The van der Waals surface area contributed by atoms with Crippen LogP contribution in [0.1, 0.15) is 13.3 Å². The number of hydrogen-bond donors (Lipinski definition) is 2. The summed E-state index contributed by atoms with van der Waals surface area (Å²) in [6, 6.07) is -0.852. The molecule has 0 aliphatic carbocycles. The number of aliphatic hydroxyl groups excluding tert-OH is 1. The summed E-state index contributed by atoms with van der Waals surface area (Å²) < 4.78 is 19.9. The van der Waals surface area contributed by atoms with Crippen LogP contribution in [0.2, 0.25) is 0 Å². The third-order valence-electron chi connectivity index (χ3n) is 3.49. The number of esters is 2. The third kappa shape index (κ3) is 4.63. The zero-order valence-electron chi connectivity index (χ0n) is 12.7. The maximum absolute atomic E-state index is 11.6. The van der Waals surface area contributed by atoms with Gasteiger partial charge in [-0.15, -0.1) is 0 Å². The first-order chi connectivity index (χ1) is 9.94. The largest absolute Gasteiger partial charge is 0.469 e. The first-order valence-electron chi connectivity index (χ1n) is 6.68. The molecule has 0 aromatic rings. The first-order valence-corrected chi connectivity index (χ1v) is 6.68. The van der Waals surface area contributed by atoms with Crippen LogP contribution >= 0.6 is 0 Å². The van der Waals surface area contributed by atoms with Crippen molar-refractivity contribution < 1.29 is 33.6 Å². The molecule has 1 rings (SSSR count). The molecule has 0 saturated carbocycles. The van der Waals surface area contributed by atoms with Crippen molar-refractivity contribution in [2.24, 2.45) is 0 Å². The van der Waals surface area contributed by atoms with Crippen LogP contribution in [0.3, 0.4) is 0 Å². The van der Waals surface area contributed by atoms with Crippen molar-refractivity contribution in [2.45, 2.75) is 43.8 Å².